The van der Waals surface area contributed by atoms with Crippen molar-refractivity contribution in [1.29, 1.82) is 0 Å². The summed E-state index contributed by atoms with van der Waals surface area (Å²) in [6.45, 7) is 2.34. The van der Waals surface area contributed by atoms with Gasteiger partial charge in [-0.15, -0.1) is 0 Å². The number of hydrogen-bond acceptors (Lipinski definition) is 4. The molecule has 5 nitrogen and oxygen atoms in total. The van der Waals surface area contributed by atoms with E-state index in [1.165, 1.54) is 0 Å². The first-order valence-electron chi connectivity index (χ1n) is 8.32. The summed E-state index contributed by atoms with van der Waals surface area (Å²) in [6, 6.07) is 14.2. The standard InChI is InChI=1S/C19H23N3O2/c1-21(17-7-3-2-4-8-17)18-10-9-15(12-20-18)13-22-11-5-6-16(14-22)19(23)24/h2-4,7-10,12,16H,5-6,11,13-14H2,1H3,(H,23,24)/t16-/m1/s1. The number of carbonyl (C=O) groups is 1. The van der Waals surface area contributed by atoms with Crippen molar-refractivity contribution < 1.29 is 9.90 Å². The predicted octanol–water partition coefficient (Wildman–Crippen LogP) is 3.15. The van der Waals surface area contributed by atoms with E-state index in [2.05, 4.69) is 28.1 Å². The summed E-state index contributed by atoms with van der Waals surface area (Å²) in [5.41, 5.74) is 2.21. The van der Waals surface area contributed by atoms with Crippen molar-refractivity contribution in [2.45, 2.75) is 19.4 Å². The summed E-state index contributed by atoms with van der Waals surface area (Å²) in [7, 11) is 2.00. The maximum atomic E-state index is 11.2. The van der Waals surface area contributed by atoms with Gasteiger partial charge in [-0.2, -0.15) is 0 Å². The number of likely N-dealkylation sites (tertiary alicyclic amines) is 1. The van der Waals surface area contributed by atoms with Crippen LogP contribution in [0, 0.1) is 5.92 Å². The van der Waals surface area contributed by atoms with Gasteiger partial charge in [-0.1, -0.05) is 24.3 Å². The van der Waals surface area contributed by atoms with E-state index in [1.807, 2.05) is 42.4 Å². The molecule has 2 aromatic rings. The van der Waals surface area contributed by atoms with E-state index in [0.29, 0.717) is 6.54 Å². The van der Waals surface area contributed by atoms with Crippen LogP contribution in [0.25, 0.3) is 0 Å². The van der Waals surface area contributed by atoms with Crippen LogP contribution in [0.1, 0.15) is 18.4 Å². The third kappa shape index (κ3) is 3.92. The first-order valence-corrected chi connectivity index (χ1v) is 8.32. The van der Waals surface area contributed by atoms with Gasteiger partial charge in [-0.05, 0) is 43.1 Å². The minimum absolute atomic E-state index is 0.241. The highest BCUT2D eigenvalue weighted by Crippen LogP contribution is 2.22. The Hall–Kier alpha value is -2.40. The summed E-state index contributed by atoms with van der Waals surface area (Å²) in [6.07, 6.45) is 3.61. The van der Waals surface area contributed by atoms with Gasteiger partial charge in [-0.25, -0.2) is 4.98 Å². The molecular weight excluding hydrogens is 302 g/mol. The van der Waals surface area contributed by atoms with Gasteiger partial charge in [0.1, 0.15) is 5.82 Å². The fraction of sp³-hybridized carbons (Fsp3) is 0.368. The molecule has 3 rings (SSSR count). The van der Waals surface area contributed by atoms with Gasteiger partial charge in [0.2, 0.25) is 0 Å². The lowest BCUT2D eigenvalue weighted by molar-refractivity contribution is -0.143. The Kier molecular flexibility index (Phi) is 5.11. The molecule has 1 aliphatic heterocycles. The molecule has 1 aliphatic rings. The first-order chi connectivity index (χ1) is 11.6. The summed E-state index contributed by atoms with van der Waals surface area (Å²) >= 11 is 0. The maximum Gasteiger partial charge on any atom is 0.307 e. The van der Waals surface area contributed by atoms with E-state index in [-0.39, 0.29) is 5.92 Å². The van der Waals surface area contributed by atoms with Crippen molar-refractivity contribution in [2.75, 3.05) is 25.0 Å². The second-order valence-corrected chi connectivity index (χ2v) is 6.33. The third-order valence-electron chi connectivity index (χ3n) is 4.56. The zero-order chi connectivity index (χ0) is 16.9. The summed E-state index contributed by atoms with van der Waals surface area (Å²) in [5.74, 6) is -0.0279. The quantitative estimate of drug-likeness (QED) is 0.915. The number of carboxylic acids is 1. The molecule has 126 valence electrons. The molecule has 1 fully saturated rings. The average Bonchev–Trinajstić information content (AvgIpc) is 2.63. The SMILES string of the molecule is CN(c1ccccc1)c1ccc(CN2CCC[C@@H](C(=O)O)C2)cn1. The number of aliphatic carboxylic acids is 1. The lowest BCUT2D eigenvalue weighted by atomic mass is 9.98. The largest absolute Gasteiger partial charge is 0.481 e. The molecule has 0 unspecified atom stereocenters. The van der Waals surface area contributed by atoms with Gasteiger partial charge in [0.15, 0.2) is 0 Å². The smallest absolute Gasteiger partial charge is 0.307 e. The first kappa shape index (κ1) is 16.5. The molecule has 1 aromatic heterocycles. The van der Waals surface area contributed by atoms with E-state index in [9.17, 15) is 9.90 Å². The number of anilines is 2. The minimum atomic E-state index is -0.683. The van der Waals surface area contributed by atoms with E-state index in [0.717, 1.165) is 43.0 Å². The number of pyridine rings is 1. The van der Waals surface area contributed by atoms with Crippen molar-refractivity contribution in [3.63, 3.8) is 0 Å². The number of piperidine rings is 1. The molecule has 0 bridgehead atoms. The fourth-order valence-corrected chi connectivity index (χ4v) is 3.15. The summed E-state index contributed by atoms with van der Waals surface area (Å²) in [4.78, 5) is 20.0. The topological polar surface area (TPSA) is 56.7 Å². The zero-order valence-electron chi connectivity index (χ0n) is 13.9. The molecule has 1 aromatic carbocycles. The predicted molar refractivity (Wildman–Crippen MR) is 94.4 cm³/mol. The van der Waals surface area contributed by atoms with Crippen molar-refractivity contribution in [3.8, 4) is 0 Å². The lowest BCUT2D eigenvalue weighted by Crippen LogP contribution is -2.38. The monoisotopic (exact) mass is 325 g/mol. The zero-order valence-corrected chi connectivity index (χ0v) is 13.9. The molecular formula is C19H23N3O2. The number of para-hydroxylation sites is 1. The Bertz CT molecular complexity index is 673. The third-order valence-corrected chi connectivity index (χ3v) is 4.56. The highest BCUT2D eigenvalue weighted by atomic mass is 16.4. The molecule has 0 saturated carbocycles. The molecule has 1 atom stereocenters. The van der Waals surface area contributed by atoms with Gasteiger partial charge >= 0.3 is 5.97 Å². The highest BCUT2D eigenvalue weighted by molar-refractivity contribution is 5.70. The van der Waals surface area contributed by atoms with E-state index < -0.39 is 5.97 Å². The number of benzene rings is 1. The van der Waals surface area contributed by atoms with Gasteiger partial charge in [0.25, 0.3) is 0 Å². The van der Waals surface area contributed by atoms with Crippen LogP contribution >= 0.6 is 0 Å². The van der Waals surface area contributed by atoms with Crippen LogP contribution in [0.4, 0.5) is 11.5 Å². The molecule has 0 spiro atoms. The van der Waals surface area contributed by atoms with Crippen molar-refractivity contribution in [2.24, 2.45) is 5.92 Å². The van der Waals surface area contributed by atoms with Crippen LogP contribution in [0.15, 0.2) is 48.7 Å². The van der Waals surface area contributed by atoms with E-state index >= 15 is 0 Å². The van der Waals surface area contributed by atoms with Crippen molar-refractivity contribution >= 4 is 17.5 Å². The minimum Gasteiger partial charge on any atom is -0.481 e. The Morgan fingerprint density at radius 2 is 2.08 bits per heavy atom. The molecule has 1 saturated heterocycles. The number of rotatable bonds is 5. The second kappa shape index (κ2) is 7.45. The van der Waals surface area contributed by atoms with Crippen LogP contribution in [-0.4, -0.2) is 41.1 Å². The summed E-state index contributed by atoms with van der Waals surface area (Å²) < 4.78 is 0. The summed E-state index contributed by atoms with van der Waals surface area (Å²) in [5, 5.41) is 9.18. The normalized spacial score (nSPS) is 18.3. The van der Waals surface area contributed by atoms with Gasteiger partial charge in [0, 0.05) is 32.0 Å². The fourth-order valence-electron chi connectivity index (χ4n) is 3.15. The van der Waals surface area contributed by atoms with Crippen LogP contribution in [0.5, 0.6) is 0 Å². The molecule has 0 radical (unpaired) electrons. The van der Waals surface area contributed by atoms with Crippen molar-refractivity contribution in [1.82, 2.24) is 9.88 Å². The molecule has 0 amide bonds. The maximum absolute atomic E-state index is 11.2. The van der Waals surface area contributed by atoms with Crippen LogP contribution in [-0.2, 0) is 11.3 Å². The van der Waals surface area contributed by atoms with Crippen LogP contribution in [0.3, 0.4) is 0 Å². The highest BCUT2D eigenvalue weighted by Gasteiger charge is 2.25. The molecule has 1 N–H and O–H groups in total. The Morgan fingerprint density at radius 3 is 2.75 bits per heavy atom. The van der Waals surface area contributed by atoms with E-state index in [4.69, 9.17) is 0 Å². The second-order valence-electron chi connectivity index (χ2n) is 6.33. The lowest BCUT2D eigenvalue weighted by Gasteiger charge is -2.30. The number of carboxylic acid groups (broad SMARTS) is 1. The number of hydrogen-bond donors (Lipinski definition) is 1. The van der Waals surface area contributed by atoms with Gasteiger partial charge in [-0.3, -0.25) is 9.69 Å². The molecule has 5 heteroatoms. The number of aromatic nitrogens is 1. The van der Waals surface area contributed by atoms with E-state index in [1.54, 1.807) is 0 Å². The molecule has 24 heavy (non-hydrogen) atoms. The van der Waals surface area contributed by atoms with Crippen LogP contribution < -0.4 is 4.90 Å². The Labute approximate surface area is 142 Å². The average molecular weight is 325 g/mol. The molecule has 2 heterocycles. The Morgan fingerprint density at radius 1 is 1.29 bits per heavy atom. The van der Waals surface area contributed by atoms with Crippen LogP contribution in [0.2, 0.25) is 0 Å². The van der Waals surface area contributed by atoms with Gasteiger partial charge < -0.3 is 10.0 Å². The van der Waals surface area contributed by atoms with Crippen molar-refractivity contribution in [3.05, 3.63) is 54.2 Å². The number of nitrogens with zero attached hydrogens (tertiary/aromatic N) is 3. The van der Waals surface area contributed by atoms with Gasteiger partial charge in [0.05, 0.1) is 5.92 Å². The Balaban J connectivity index is 1.63. The molecule has 0 aliphatic carbocycles.